The van der Waals surface area contributed by atoms with Crippen molar-refractivity contribution in [1.29, 1.82) is 0 Å². The Balaban J connectivity index is 1.38. The van der Waals surface area contributed by atoms with Gasteiger partial charge in [0.15, 0.2) is 17.0 Å². The number of aromatic nitrogens is 2. The maximum atomic E-state index is 12.4. The number of aromatic hydroxyl groups is 2. The fourth-order valence-electron chi connectivity index (χ4n) is 3.40. The molecule has 13 heteroatoms. The Labute approximate surface area is 196 Å². The number of nitro benzene ring substituents is 1. The summed E-state index contributed by atoms with van der Waals surface area (Å²) in [5, 5.41) is 44.0. The van der Waals surface area contributed by atoms with Gasteiger partial charge in [-0.15, -0.1) is 0 Å². The van der Waals surface area contributed by atoms with Gasteiger partial charge in [-0.1, -0.05) is 6.07 Å². The number of non-ortho nitro benzene ring substituents is 1. The number of phenols is 2. The maximum absolute atomic E-state index is 12.4. The van der Waals surface area contributed by atoms with Crippen LogP contribution in [-0.4, -0.2) is 43.8 Å². The van der Waals surface area contributed by atoms with Crippen molar-refractivity contribution in [2.75, 3.05) is 11.9 Å². The molecule has 13 nitrogen and oxygen atoms in total. The van der Waals surface area contributed by atoms with Gasteiger partial charge in [0, 0.05) is 23.9 Å². The molecule has 0 aliphatic carbocycles. The standard InChI is InChI=1S/C22H18N6O7/c23-21(31)14-6-3-11(19(29)20(14)30)9-10-24-22(32)12-1-4-13(5-2-12)25-15-7-8-16(28(33)34)18-17(15)26-35-27-18/h1-8,25,29-30H,9-10H2,(H2,23,31)(H,24,32). The van der Waals surface area contributed by atoms with Crippen molar-refractivity contribution in [3.8, 4) is 11.5 Å². The number of anilines is 2. The van der Waals surface area contributed by atoms with Crippen LogP contribution in [0, 0.1) is 10.1 Å². The van der Waals surface area contributed by atoms with E-state index < -0.39 is 22.3 Å². The number of nitro groups is 1. The average Bonchev–Trinajstić information content (AvgIpc) is 3.32. The minimum atomic E-state index is -0.869. The van der Waals surface area contributed by atoms with Crippen molar-refractivity contribution in [2.24, 2.45) is 5.73 Å². The zero-order chi connectivity index (χ0) is 25.1. The number of hydrogen-bond donors (Lipinski definition) is 5. The minimum absolute atomic E-state index is 0.0135. The van der Waals surface area contributed by atoms with Crippen molar-refractivity contribution >= 4 is 39.9 Å². The maximum Gasteiger partial charge on any atom is 0.300 e. The van der Waals surface area contributed by atoms with Gasteiger partial charge >= 0.3 is 5.69 Å². The molecule has 0 aliphatic rings. The lowest BCUT2D eigenvalue weighted by Crippen LogP contribution is -2.25. The predicted octanol–water partition coefficient (Wildman–Crippen LogP) is 2.36. The van der Waals surface area contributed by atoms with Crippen molar-refractivity contribution in [3.05, 3.63) is 75.3 Å². The van der Waals surface area contributed by atoms with E-state index in [2.05, 4.69) is 25.6 Å². The molecule has 0 bridgehead atoms. The van der Waals surface area contributed by atoms with E-state index in [1.165, 1.54) is 24.3 Å². The molecule has 2 amide bonds. The molecule has 1 aromatic heterocycles. The third kappa shape index (κ3) is 4.64. The Morgan fingerprint density at radius 1 is 1.00 bits per heavy atom. The van der Waals surface area contributed by atoms with Gasteiger partial charge in [-0.25, -0.2) is 4.63 Å². The largest absolute Gasteiger partial charge is 0.504 e. The molecule has 0 fully saturated rings. The molecule has 0 saturated carbocycles. The number of carbonyl (C=O) groups is 2. The Morgan fingerprint density at radius 2 is 1.71 bits per heavy atom. The van der Waals surface area contributed by atoms with Crippen molar-refractivity contribution in [3.63, 3.8) is 0 Å². The van der Waals surface area contributed by atoms with E-state index in [0.29, 0.717) is 22.5 Å². The van der Waals surface area contributed by atoms with E-state index in [0.717, 1.165) is 0 Å². The fraction of sp³-hybridized carbons (Fsp3) is 0.0909. The first-order valence-corrected chi connectivity index (χ1v) is 10.1. The molecule has 4 rings (SSSR count). The van der Waals surface area contributed by atoms with Crippen LogP contribution in [0.25, 0.3) is 11.0 Å². The first-order valence-electron chi connectivity index (χ1n) is 10.1. The lowest BCUT2D eigenvalue weighted by molar-refractivity contribution is -0.383. The molecule has 4 aromatic rings. The molecule has 0 spiro atoms. The summed E-state index contributed by atoms with van der Waals surface area (Å²) in [5.74, 6) is -2.30. The lowest BCUT2D eigenvalue weighted by atomic mass is 10.1. The van der Waals surface area contributed by atoms with Gasteiger partial charge in [-0.05, 0) is 58.7 Å². The van der Waals surface area contributed by atoms with Gasteiger partial charge in [-0.2, -0.15) is 0 Å². The highest BCUT2D eigenvalue weighted by atomic mass is 16.6. The smallest absolute Gasteiger partial charge is 0.300 e. The van der Waals surface area contributed by atoms with Crippen LogP contribution >= 0.6 is 0 Å². The Hall–Kier alpha value is -5.20. The number of fused-ring (bicyclic) bond motifs is 1. The Kier molecular flexibility index (Phi) is 6.14. The number of nitrogens with zero attached hydrogens (tertiary/aromatic N) is 3. The highest BCUT2D eigenvalue weighted by Gasteiger charge is 2.20. The molecule has 6 N–H and O–H groups in total. The van der Waals surface area contributed by atoms with E-state index in [4.69, 9.17) is 5.73 Å². The van der Waals surface area contributed by atoms with Gasteiger partial charge in [0.25, 0.3) is 11.8 Å². The molecule has 0 unspecified atom stereocenters. The topological polar surface area (TPSA) is 207 Å². The second-order valence-electron chi connectivity index (χ2n) is 7.39. The first kappa shape index (κ1) is 23.0. The van der Waals surface area contributed by atoms with E-state index in [-0.39, 0.29) is 41.2 Å². The second-order valence-corrected chi connectivity index (χ2v) is 7.39. The minimum Gasteiger partial charge on any atom is -0.504 e. The highest BCUT2D eigenvalue weighted by Crippen LogP contribution is 2.33. The molecular formula is C22H18N6O7. The van der Waals surface area contributed by atoms with Gasteiger partial charge in [0.2, 0.25) is 5.52 Å². The zero-order valence-electron chi connectivity index (χ0n) is 17.9. The molecule has 0 atom stereocenters. The van der Waals surface area contributed by atoms with Crippen LogP contribution in [-0.2, 0) is 6.42 Å². The summed E-state index contributed by atoms with van der Waals surface area (Å²) in [6.07, 6.45) is 0.200. The Bertz CT molecular complexity index is 1450. The van der Waals surface area contributed by atoms with Crippen LogP contribution in [0.5, 0.6) is 11.5 Å². The zero-order valence-corrected chi connectivity index (χ0v) is 17.9. The monoisotopic (exact) mass is 478 g/mol. The summed E-state index contributed by atoms with van der Waals surface area (Å²) in [7, 11) is 0. The fourth-order valence-corrected chi connectivity index (χ4v) is 3.40. The summed E-state index contributed by atoms with van der Waals surface area (Å²) < 4.78 is 4.64. The van der Waals surface area contributed by atoms with Gasteiger partial charge < -0.3 is 26.6 Å². The van der Waals surface area contributed by atoms with Gasteiger partial charge in [0.1, 0.15) is 0 Å². The number of benzene rings is 3. The number of phenolic OH excluding ortho intramolecular Hbond substituents is 1. The van der Waals surface area contributed by atoms with Gasteiger partial charge in [-0.3, -0.25) is 19.7 Å². The first-order chi connectivity index (χ1) is 16.8. The van der Waals surface area contributed by atoms with Crippen LogP contribution in [0.1, 0.15) is 26.3 Å². The number of primary amides is 1. The molecule has 178 valence electrons. The summed E-state index contributed by atoms with van der Waals surface area (Å²) >= 11 is 0. The molecule has 0 radical (unpaired) electrons. The molecule has 0 saturated heterocycles. The number of nitrogens with one attached hydrogen (secondary N) is 2. The molecular weight excluding hydrogens is 460 g/mol. The molecule has 1 heterocycles. The van der Waals surface area contributed by atoms with Crippen molar-refractivity contribution in [2.45, 2.75) is 6.42 Å². The molecule has 0 aliphatic heterocycles. The summed E-state index contributed by atoms with van der Waals surface area (Å²) in [6.45, 7) is 0.154. The van der Waals surface area contributed by atoms with Crippen LogP contribution in [0.4, 0.5) is 17.1 Å². The molecule has 3 aromatic carbocycles. The van der Waals surface area contributed by atoms with Crippen LogP contribution < -0.4 is 16.4 Å². The third-order valence-corrected chi connectivity index (χ3v) is 5.20. The third-order valence-electron chi connectivity index (χ3n) is 5.20. The normalized spacial score (nSPS) is 10.7. The van der Waals surface area contributed by atoms with E-state index in [1.54, 1.807) is 24.3 Å². The predicted molar refractivity (Wildman–Crippen MR) is 123 cm³/mol. The van der Waals surface area contributed by atoms with E-state index in [1.807, 2.05) is 0 Å². The SMILES string of the molecule is NC(=O)c1ccc(CCNC(=O)c2ccc(Nc3ccc([N+](=O)[O-])c4nonc34)cc2)c(O)c1O. The summed E-state index contributed by atoms with van der Waals surface area (Å²) in [4.78, 5) is 34.2. The number of rotatable bonds is 8. The number of hydrogen-bond acceptors (Lipinski definition) is 10. The van der Waals surface area contributed by atoms with Crippen LogP contribution in [0.2, 0.25) is 0 Å². The highest BCUT2D eigenvalue weighted by molar-refractivity contribution is 5.97. The van der Waals surface area contributed by atoms with E-state index >= 15 is 0 Å². The van der Waals surface area contributed by atoms with E-state index in [9.17, 15) is 29.9 Å². The average molecular weight is 478 g/mol. The second kappa shape index (κ2) is 9.35. The van der Waals surface area contributed by atoms with Crippen molar-refractivity contribution in [1.82, 2.24) is 15.6 Å². The van der Waals surface area contributed by atoms with Crippen LogP contribution in [0.3, 0.4) is 0 Å². The quantitative estimate of drug-likeness (QED) is 0.142. The van der Waals surface area contributed by atoms with Crippen molar-refractivity contribution < 1.29 is 29.4 Å². The summed E-state index contributed by atoms with van der Waals surface area (Å²) in [6, 6.07) is 11.9. The number of nitrogens with two attached hydrogens (primary N) is 1. The lowest BCUT2D eigenvalue weighted by Gasteiger charge is -2.10. The van der Waals surface area contributed by atoms with Crippen LogP contribution in [0.15, 0.2) is 53.2 Å². The molecule has 35 heavy (non-hydrogen) atoms. The Morgan fingerprint density at radius 3 is 2.40 bits per heavy atom. The summed E-state index contributed by atoms with van der Waals surface area (Å²) in [5.41, 5.74) is 6.64. The number of carbonyl (C=O) groups excluding carboxylic acids is 2. The number of amides is 2. The van der Waals surface area contributed by atoms with Gasteiger partial charge in [0.05, 0.1) is 16.2 Å².